The van der Waals surface area contributed by atoms with Crippen LogP contribution in [0.1, 0.15) is 36.1 Å². The van der Waals surface area contributed by atoms with Crippen molar-refractivity contribution in [3.8, 4) is 0 Å². The van der Waals surface area contributed by atoms with Crippen LogP contribution in [0.15, 0.2) is 6.33 Å². The van der Waals surface area contributed by atoms with Gasteiger partial charge in [-0.15, -0.1) is 11.3 Å². The number of carbonyl (C=O) groups is 2. The van der Waals surface area contributed by atoms with E-state index in [1.807, 2.05) is 0 Å². The summed E-state index contributed by atoms with van der Waals surface area (Å²) in [6, 6.07) is 0. The second-order valence-electron chi connectivity index (χ2n) is 5.67. The van der Waals surface area contributed by atoms with Crippen molar-refractivity contribution < 1.29 is 19.8 Å². The summed E-state index contributed by atoms with van der Waals surface area (Å²) in [6.45, 7) is 6.65. The van der Waals surface area contributed by atoms with E-state index in [0.717, 1.165) is 23.7 Å². The maximum absolute atomic E-state index is 9.10. The molecule has 0 bridgehead atoms. The first kappa shape index (κ1) is 18.1. The molecule has 3 rings (SSSR count). The van der Waals surface area contributed by atoms with Crippen LogP contribution in [0, 0.1) is 13.8 Å². The fourth-order valence-corrected chi connectivity index (χ4v) is 3.68. The van der Waals surface area contributed by atoms with E-state index in [1.54, 1.807) is 17.7 Å². The number of hydrogen-bond acceptors (Lipinski definition) is 6. The van der Waals surface area contributed by atoms with Crippen LogP contribution in [0.2, 0.25) is 0 Å². The molecule has 8 heteroatoms. The molecule has 130 valence electrons. The number of fused-ring (bicyclic) bond motifs is 1. The summed E-state index contributed by atoms with van der Waals surface area (Å²) >= 11 is 1.78. The van der Waals surface area contributed by atoms with Gasteiger partial charge in [0.25, 0.3) is 0 Å². The van der Waals surface area contributed by atoms with Gasteiger partial charge in [0.05, 0.1) is 5.39 Å². The average molecular weight is 351 g/mol. The maximum Gasteiger partial charge on any atom is 0.414 e. The van der Waals surface area contributed by atoms with Gasteiger partial charge in [0.1, 0.15) is 17.0 Å². The van der Waals surface area contributed by atoms with E-state index in [4.69, 9.17) is 19.8 Å². The van der Waals surface area contributed by atoms with Gasteiger partial charge in [-0.3, -0.25) is 0 Å². The van der Waals surface area contributed by atoms with E-state index < -0.39 is 11.9 Å². The molecule has 24 heavy (non-hydrogen) atoms. The van der Waals surface area contributed by atoms with Gasteiger partial charge < -0.3 is 15.1 Å². The highest BCUT2D eigenvalue weighted by atomic mass is 32.1. The van der Waals surface area contributed by atoms with Crippen molar-refractivity contribution in [2.24, 2.45) is 0 Å². The Morgan fingerprint density at radius 3 is 2.17 bits per heavy atom. The topological polar surface area (TPSA) is 104 Å². The Labute approximate surface area is 144 Å². The smallest absolute Gasteiger partial charge is 0.414 e. The highest BCUT2D eigenvalue weighted by molar-refractivity contribution is 7.18. The Hall–Kier alpha value is -2.22. The first-order valence-electron chi connectivity index (χ1n) is 7.83. The molecule has 7 nitrogen and oxygen atoms in total. The lowest BCUT2D eigenvalue weighted by Crippen LogP contribution is -2.25. The standard InChI is InChI=1S/C14H19N3S.C2H2O4/c1-10-11(2)18-14-12(10)13(15-9-16-14)17-7-5-3-4-6-8-17;3-1(4)2(5)6/h9H,3-8H2,1-2H3;(H,3,4)(H,5,6). The SMILES string of the molecule is Cc1sc2ncnc(N3CCCCCC3)c2c1C.O=C(O)C(=O)O. The zero-order chi connectivity index (χ0) is 17.7. The van der Waals surface area contributed by atoms with Crippen molar-refractivity contribution in [2.45, 2.75) is 39.5 Å². The summed E-state index contributed by atoms with van der Waals surface area (Å²) in [6.07, 6.45) is 7.00. The highest BCUT2D eigenvalue weighted by Crippen LogP contribution is 2.34. The summed E-state index contributed by atoms with van der Waals surface area (Å²) < 4.78 is 0. The van der Waals surface area contributed by atoms with Crippen LogP contribution in [0.25, 0.3) is 10.2 Å². The van der Waals surface area contributed by atoms with E-state index in [-0.39, 0.29) is 0 Å². The molecule has 1 saturated heterocycles. The minimum atomic E-state index is -1.82. The Morgan fingerprint density at radius 2 is 1.62 bits per heavy atom. The lowest BCUT2D eigenvalue weighted by molar-refractivity contribution is -0.159. The Morgan fingerprint density at radius 1 is 1.04 bits per heavy atom. The number of carboxylic acid groups (broad SMARTS) is 2. The van der Waals surface area contributed by atoms with E-state index in [9.17, 15) is 0 Å². The van der Waals surface area contributed by atoms with Gasteiger partial charge >= 0.3 is 11.9 Å². The van der Waals surface area contributed by atoms with Crippen molar-refractivity contribution in [1.29, 1.82) is 0 Å². The van der Waals surface area contributed by atoms with E-state index in [1.165, 1.54) is 41.5 Å². The van der Waals surface area contributed by atoms with Crippen LogP contribution < -0.4 is 4.90 Å². The monoisotopic (exact) mass is 351 g/mol. The number of aromatic nitrogens is 2. The van der Waals surface area contributed by atoms with Crippen LogP contribution in [0.3, 0.4) is 0 Å². The van der Waals surface area contributed by atoms with Crippen LogP contribution in [0.4, 0.5) is 5.82 Å². The van der Waals surface area contributed by atoms with E-state index in [2.05, 4.69) is 28.7 Å². The van der Waals surface area contributed by atoms with Gasteiger partial charge in [-0.05, 0) is 32.3 Å². The average Bonchev–Trinajstić information content (AvgIpc) is 2.74. The number of nitrogens with zero attached hydrogens (tertiary/aromatic N) is 3. The van der Waals surface area contributed by atoms with Gasteiger partial charge in [0.2, 0.25) is 0 Å². The van der Waals surface area contributed by atoms with Crippen LogP contribution in [0.5, 0.6) is 0 Å². The Kier molecular flexibility index (Phi) is 6.08. The fourth-order valence-electron chi connectivity index (χ4n) is 2.69. The predicted molar refractivity (Wildman–Crippen MR) is 92.8 cm³/mol. The number of aryl methyl sites for hydroxylation is 2. The van der Waals surface area contributed by atoms with Crippen molar-refractivity contribution in [1.82, 2.24) is 9.97 Å². The summed E-state index contributed by atoms with van der Waals surface area (Å²) in [4.78, 5) is 32.1. The zero-order valence-electron chi connectivity index (χ0n) is 13.8. The van der Waals surface area contributed by atoms with Crippen molar-refractivity contribution >= 4 is 39.3 Å². The number of thiophene rings is 1. The molecule has 1 aliphatic heterocycles. The molecule has 0 radical (unpaired) electrons. The predicted octanol–water partition coefficient (Wildman–Crippen LogP) is 2.84. The van der Waals surface area contributed by atoms with Crippen LogP contribution >= 0.6 is 11.3 Å². The summed E-state index contributed by atoms with van der Waals surface area (Å²) in [5.74, 6) is -2.49. The third kappa shape index (κ3) is 4.19. The van der Waals surface area contributed by atoms with Crippen LogP contribution in [-0.4, -0.2) is 45.2 Å². The summed E-state index contributed by atoms with van der Waals surface area (Å²) in [7, 11) is 0. The number of hydrogen-bond donors (Lipinski definition) is 2. The molecule has 0 aromatic carbocycles. The van der Waals surface area contributed by atoms with Crippen molar-refractivity contribution in [2.75, 3.05) is 18.0 Å². The van der Waals surface area contributed by atoms with Gasteiger partial charge in [-0.1, -0.05) is 12.8 Å². The third-order valence-corrected chi connectivity index (χ3v) is 5.15. The molecular formula is C16H21N3O4S. The van der Waals surface area contributed by atoms with E-state index in [0.29, 0.717) is 0 Å². The summed E-state index contributed by atoms with van der Waals surface area (Å²) in [5.41, 5.74) is 1.36. The molecule has 2 aromatic rings. The first-order valence-corrected chi connectivity index (χ1v) is 8.65. The second kappa shape index (κ2) is 8.05. The Balaban J connectivity index is 0.000000301. The molecule has 0 spiro atoms. The second-order valence-corrected chi connectivity index (χ2v) is 6.88. The molecular weight excluding hydrogens is 330 g/mol. The third-order valence-electron chi connectivity index (χ3n) is 4.03. The minimum Gasteiger partial charge on any atom is -0.473 e. The maximum atomic E-state index is 9.10. The number of anilines is 1. The molecule has 3 heterocycles. The first-order chi connectivity index (χ1) is 11.4. The van der Waals surface area contributed by atoms with Gasteiger partial charge in [-0.2, -0.15) is 0 Å². The van der Waals surface area contributed by atoms with Crippen molar-refractivity contribution in [3.63, 3.8) is 0 Å². The molecule has 0 amide bonds. The number of rotatable bonds is 1. The van der Waals surface area contributed by atoms with Crippen molar-refractivity contribution in [3.05, 3.63) is 16.8 Å². The highest BCUT2D eigenvalue weighted by Gasteiger charge is 2.18. The number of aliphatic carboxylic acids is 2. The lowest BCUT2D eigenvalue weighted by Gasteiger charge is -2.22. The zero-order valence-corrected chi connectivity index (χ0v) is 14.6. The van der Waals surface area contributed by atoms with Gasteiger partial charge in [0, 0.05) is 18.0 Å². The fraction of sp³-hybridized carbons (Fsp3) is 0.500. The molecule has 0 atom stereocenters. The van der Waals surface area contributed by atoms with Crippen LogP contribution in [-0.2, 0) is 9.59 Å². The molecule has 0 saturated carbocycles. The molecule has 0 aliphatic carbocycles. The molecule has 0 unspecified atom stereocenters. The lowest BCUT2D eigenvalue weighted by atomic mass is 10.2. The van der Waals surface area contributed by atoms with Gasteiger partial charge in [0.15, 0.2) is 0 Å². The largest absolute Gasteiger partial charge is 0.473 e. The molecule has 2 N–H and O–H groups in total. The minimum absolute atomic E-state index is 1.14. The summed E-state index contributed by atoms with van der Waals surface area (Å²) in [5, 5.41) is 16.1. The van der Waals surface area contributed by atoms with Gasteiger partial charge in [-0.25, -0.2) is 19.6 Å². The molecule has 1 aliphatic rings. The number of carboxylic acids is 2. The Bertz CT molecular complexity index is 724. The normalized spacial score (nSPS) is 14.7. The molecule has 1 fully saturated rings. The quantitative estimate of drug-likeness (QED) is 0.761. The molecule has 2 aromatic heterocycles. The van der Waals surface area contributed by atoms with E-state index >= 15 is 0 Å².